The van der Waals surface area contributed by atoms with Gasteiger partial charge in [-0.25, -0.2) is 0 Å². The summed E-state index contributed by atoms with van der Waals surface area (Å²) < 4.78 is 0. The van der Waals surface area contributed by atoms with Gasteiger partial charge in [0.2, 0.25) is 5.91 Å². The molecule has 1 heterocycles. The van der Waals surface area contributed by atoms with Crippen molar-refractivity contribution in [2.24, 2.45) is 0 Å². The van der Waals surface area contributed by atoms with E-state index in [4.69, 9.17) is 0 Å². The van der Waals surface area contributed by atoms with Crippen LogP contribution in [0.15, 0.2) is 48.5 Å². The van der Waals surface area contributed by atoms with E-state index in [0.717, 1.165) is 6.42 Å². The number of benzene rings is 2. The van der Waals surface area contributed by atoms with E-state index in [1.807, 2.05) is 6.07 Å². The number of amides is 1. The van der Waals surface area contributed by atoms with Crippen molar-refractivity contribution < 1.29 is 4.79 Å². The molecule has 2 aromatic rings. The van der Waals surface area contributed by atoms with Crippen molar-refractivity contribution >= 4 is 5.91 Å². The summed E-state index contributed by atoms with van der Waals surface area (Å²) in [5.74, 6) is 0.441. The first kappa shape index (κ1) is 13.9. The van der Waals surface area contributed by atoms with Crippen molar-refractivity contribution in [1.82, 2.24) is 5.32 Å². The standard InChI is InChI=1S/C19H21NO/c1-13-8-9-16(10-14(13)2)17-12-19(21)20-18(17)11-15-6-4-3-5-7-15/h3-10,17-18H,11-12H2,1-2H3,(H,20,21). The first-order valence-electron chi connectivity index (χ1n) is 7.54. The van der Waals surface area contributed by atoms with Gasteiger partial charge in [0.05, 0.1) is 0 Å². The average molecular weight is 279 g/mol. The van der Waals surface area contributed by atoms with Crippen LogP contribution in [0.2, 0.25) is 0 Å². The Balaban J connectivity index is 1.85. The second-order valence-corrected chi connectivity index (χ2v) is 6.02. The quantitative estimate of drug-likeness (QED) is 0.915. The summed E-state index contributed by atoms with van der Waals surface area (Å²) in [4.78, 5) is 11.9. The molecule has 3 rings (SSSR count). The fourth-order valence-electron chi connectivity index (χ4n) is 3.12. The highest BCUT2D eigenvalue weighted by Gasteiger charge is 2.33. The maximum Gasteiger partial charge on any atom is 0.220 e. The predicted octanol–water partition coefficient (Wildman–Crippen LogP) is 3.52. The van der Waals surface area contributed by atoms with Crippen LogP contribution in [0.25, 0.3) is 0 Å². The van der Waals surface area contributed by atoms with Gasteiger partial charge in [-0.3, -0.25) is 4.79 Å². The molecule has 0 radical (unpaired) electrons. The Morgan fingerprint density at radius 2 is 1.81 bits per heavy atom. The van der Waals surface area contributed by atoms with Gasteiger partial charge in [-0.15, -0.1) is 0 Å². The number of carbonyl (C=O) groups excluding carboxylic acids is 1. The molecule has 1 aliphatic rings. The molecule has 2 atom stereocenters. The minimum atomic E-state index is 0.166. The van der Waals surface area contributed by atoms with Crippen LogP contribution in [0.4, 0.5) is 0 Å². The predicted molar refractivity (Wildman–Crippen MR) is 85.4 cm³/mol. The molecular formula is C19H21NO. The largest absolute Gasteiger partial charge is 0.352 e. The van der Waals surface area contributed by atoms with Gasteiger partial charge in [0.15, 0.2) is 0 Å². The topological polar surface area (TPSA) is 29.1 Å². The van der Waals surface area contributed by atoms with Crippen LogP contribution in [-0.4, -0.2) is 11.9 Å². The Hall–Kier alpha value is -2.09. The molecule has 2 aromatic carbocycles. The third-order valence-corrected chi connectivity index (χ3v) is 4.49. The molecule has 1 N–H and O–H groups in total. The first-order valence-corrected chi connectivity index (χ1v) is 7.54. The summed E-state index contributed by atoms with van der Waals surface area (Å²) in [6, 6.07) is 17.1. The third kappa shape index (κ3) is 2.99. The van der Waals surface area contributed by atoms with E-state index in [2.05, 4.69) is 61.6 Å². The first-order chi connectivity index (χ1) is 10.1. The molecule has 1 saturated heterocycles. The van der Waals surface area contributed by atoms with Gasteiger partial charge >= 0.3 is 0 Å². The average Bonchev–Trinajstić information content (AvgIpc) is 2.84. The second-order valence-electron chi connectivity index (χ2n) is 6.02. The number of aryl methyl sites for hydroxylation is 2. The normalized spacial score (nSPS) is 21.3. The van der Waals surface area contributed by atoms with Crippen LogP contribution in [0, 0.1) is 13.8 Å². The zero-order valence-corrected chi connectivity index (χ0v) is 12.6. The van der Waals surface area contributed by atoms with Gasteiger partial charge in [-0.2, -0.15) is 0 Å². The van der Waals surface area contributed by atoms with E-state index in [1.165, 1.54) is 22.3 Å². The number of hydrogen-bond acceptors (Lipinski definition) is 1. The van der Waals surface area contributed by atoms with E-state index in [0.29, 0.717) is 6.42 Å². The van der Waals surface area contributed by atoms with Gasteiger partial charge in [0, 0.05) is 18.4 Å². The van der Waals surface area contributed by atoms with Crippen molar-refractivity contribution in [1.29, 1.82) is 0 Å². The Morgan fingerprint density at radius 3 is 2.52 bits per heavy atom. The lowest BCUT2D eigenvalue weighted by atomic mass is 9.87. The molecule has 108 valence electrons. The number of carbonyl (C=O) groups is 1. The van der Waals surface area contributed by atoms with Gasteiger partial charge < -0.3 is 5.32 Å². The van der Waals surface area contributed by atoms with Crippen LogP contribution < -0.4 is 5.32 Å². The highest BCUT2D eigenvalue weighted by molar-refractivity contribution is 5.80. The molecule has 2 nitrogen and oxygen atoms in total. The molecule has 21 heavy (non-hydrogen) atoms. The minimum Gasteiger partial charge on any atom is -0.352 e. The maximum absolute atomic E-state index is 11.9. The van der Waals surface area contributed by atoms with E-state index >= 15 is 0 Å². The molecule has 1 fully saturated rings. The molecule has 1 aliphatic heterocycles. The van der Waals surface area contributed by atoms with Crippen LogP contribution in [0.1, 0.15) is 34.6 Å². The van der Waals surface area contributed by atoms with Crippen molar-refractivity contribution in [2.75, 3.05) is 0 Å². The summed E-state index contributed by atoms with van der Waals surface area (Å²) in [5.41, 5.74) is 5.15. The fourth-order valence-corrected chi connectivity index (χ4v) is 3.12. The van der Waals surface area contributed by atoms with Crippen LogP contribution >= 0.6 is 0 Å². The zero-order chi connectivity index (χ0) is 14.8. The molecule has 0 aromatic heterocycles. The van der Waals surface area contributed by atoms with Crippen LogP contribution in [0.3, 0.4) is 0 Å². The Kier molecular flexibility index (Phi) is 3.78. The van der Waals surface area contributed by atoms with E-state index < -0.39 is 0 Å². The van der Waals surface area contributed by atoms with Crippen molar-refractivity contribution in [3.8, 4) is 0 Å². The molecule has 0 bridgehead atoms. The van der Waals surface area contributed by atoms with E-state index in [-0.39, 0.29) is 17.9 Å². The fraction of sp³-hybridized carbons (Fsp3) is 0.316. The zero-order valence-electron chi connectivity index (χ0n) is 12.6. The number of nitrogens with one attached hydrogen (secondary N) is 1. The summed E-state index contributed by atoms with van der Waals surface area (Å²) >= 11 is 0. The Bertz CT molecular complexity index is 648. The summed E-state index contributed by atoms with van der Waals surface area (Å²) in [5, 5.41) is 3.15. The molecule has 2 unspecified atom stereocenters. The molecule has 0 saturated carbocycles. The van der Waals surface area contributed by atoms with E-state index in [9.17, 15) is 4.79 Å². The Labute approximate surface area is 126 Å². The molecule has 1 amide bonds. The number of rotatable bonds is 3. The molecule has 0 aliphatic carbocycles. The summed E-state index contributed by atoms with van der Waals surface area (Å²) in [7, 11) is 0. The Morgan fingerprint density at radius 1 is 1.05 bits per heavy atom. The summed E-state index contributed by atoms with van der Waals surface area (Å²) in [6.07, 6.45) is 1.49. The van der Waals surface area contributed by atoms with Crippen molar-refractivity contribution in [3.05, 3.63) is 70.8 Å². The molecule has 2 heteroatoms. The maximum atomic E-state index is 11.9. The van der Waals surface area contributed by atoms with Crippen LogP contribution in [0.5, 0.6) is 0 Å². The highest BCUT2D eigenvalue weighted by Crippen LogP contribution is 2.31. The van der Waals surface area contributed by atoms with E-state index in [1.54, 1.807) is 0 Å². The van der Waals surface area contributed by atoms with Gasteiger partial charge in [-0.05, 0) is 42.5 Å². The lowest BCUT2D eigenvalue weighted by Gasteiger charge is -2.20. The minimum absolute atomic E-state index is 0.166. The van der Waals surface area contributed by atoms with Crippen molar-refractivity contribution in [2.45, 2.75) is 38.6 Å². The number of hydrogen-bond donors (Lipinski definition) is 1. The summed E-state index contributed by atoms with van der Waals surface area (Å²) in [6.45, 7) is 4.26. The van der Waals surface area contributed by atoms with Crippen molar-refractivity contribution in [3.63, 3.8) is 0 Å². The lowest BCUT2D eigenvalue weighted by molar-refractivity contribution is -0.119. The third-order valence-electron chi connectivity index (χ3n) is 4.49. The molecule has 0 spiro atoms. The highest BCUT2D eigenvalue weighted by atomic mass is 16.2. The van der Waals surface area contributed by atoms with Gasteiger partial charge in [0.25, 0.3) is 0 Å². The molecular weight excluding hydrogens is 258 g/mol. The van der Waals surface area contributed by atoms with Crippen LogP contribution in [-0.2, 0) is 11.2 Å². The monoisotopic (exact) mass is 279 g/mol. The van der Waals surface area contributed by atoms with Gasteiger partial charge in [0.1, 0.15) is 0 Å². The smallest absolute Gasteiger partial charge is 0.220 e. The lowest BCUT2D eigenvalue weighted by Crippen LogP contribution is -2.30. The second kappa shape index (κ2) is 5.72. The SMILES string of the molecule is Cc1ccc(C2CC(=O)NC2Cc2ccccc2)cc1C. The van der Waals surface area contributed by atoms with Gasteiger partial charge in [-0.1, -0.05) is 48.5 Å².